The maximum absolute atomic E-state index is 11.8. The summed E-state index contributed by atoms with van der Waals surface area (Å²) in [6, 6.07) is -1.52. The maximum atomic E-state index is 11.8. The van der Waals surface area contributed by atoms with E-state index in [1.807, 2.05) is 0 Å². The minimum atomic E-state index is -1.16. The van der Waals surface area contributed by atoms with Gasteiger partial charge < -0.3 is 25.5 Å². The Morgan fingerprint density at radius 2 is 2.11 bits per heavy atom. The van der Waals surface area contributed by atoms with Crippen LogP contribution in [0.3, 0.4) is 0 Å². The Morgan fingerprint density at radius 1 is 1.39 bits per heavy atom. The van der Waals surface area contributed by atoms with E-state index in [1.54, 1.807) is 0 Å². The van der Waals surface area contributed by atoms with E-state index >= 15 is 0 Å². The molecule has 18 heavy (non-hydrogen) atoms. The zero-order valence-electron chi connectivity index (χ0n) is 10.2. The first-order valence-electron chi connectivity index (χ1n) is 6.08. The molecule has 1 rings (SSSR count). The fourth-order valence-electron chi connectivity index (χ4n) is 2.03. The number of nitrogens with zero attached hydrogens (tertiary/aromatic N) is 1. The summed E-state index contributed by atoms with van der Waals surface area (Å²) in [4.78, 5) is 24.2. The number of nitrogens with one attached hydrogen (secondary N) is 1. The third-order valence-electron chi connectivity index (χ3n) is 3.08. The zero-order valence-corrected chi connectivity index (χ0v) is 10.2. The number of carbonyl (C=O) groups excluding carboxylic acids is 1. The number of carboxylic acids is 1. The van der Waals surface area contributed by atoms with Gasteiger partial charge in [0.05, 0.1) is 0 Å². The van der Waals surface area contributed by atoms with Crippen LogP contribution >= 0.6 is 0 Å². The molecular weight excluding hydrogens is 240 g/mol. The fourth-order valence-corrected chi connectivity index (χ4v) is 2.03. The average molecular weight is 260 g/mol. The highest BCUT2D eigenvalue weighted by Gasteiger charge is 2.26. The van der Waals surface area contributed by atoms with Crippen molar-refractivity contribution in [2.45, 2.75) is 25.3 Å². The van der Waals surface area contributed by atoms with Crippen LogP contribution < -0.4 is 5.32 Å². The van der Waals surface area contributed by atoms with E-state index < -0.39 is 18.0 Å². The fraction of sp³-hybridized carbons (Fsp3) is 0.818. The van der Waals surface area contributed by atoms with Crippen LogP contribution in [0.5, 0.6) is 0 Å². The van der Waals surface area contributed by atoms with Crippen molar-refractivity contribution in [2.24, 2.45) is 5.92 Å². The Labute approximate surface area is 105 Å². The minimum absolute atomic E-state index is 0.0155. The van der Waals surface area contributed by atoms with Crippen molar-refractivity contribution in [2.75, 3.05) is 26.3 Å². The molecule has 1 aliphatic heterocycles. The number of aliphatic hydroxyl groups is 2. The Balaban J connectivity index is 2.50. The molecular formula is C11H20N2O5. The molecule has 0 aromatic carbocycles. The number of urea groups is 1. The molecule has 0 radical (unpaired) electrons. The molecule has 0 aliphatic carbocycles. The van der Waals surface area contributed by atoms with Gasteiger partial charge in [-0.05, 0) is 18.8 Å². The van der Waals surface area contributed by atoms with Crippen LogP contribution in [-0.2, 0) is 4.79 Å². The van der Waals surface area contributed by atoms with E-state index in [9.17, 15) is 9.59 Å². The SMILES string of the molecule is O=C(O)C(CCO)NC(=O)N1CCCC(CO)C1. The highest BCUT2D eigenvalue weighted by atomic mass is 16.4. The molecule has 1 aliphatic rings. The lowest BCUT2D eigenvalue weighted by molar-refractivity contribution is -0.139. The molecule has 104 valence electrons. The second-order valence-corrected chi connectivity index (χ2v) is 4.49. The predicted molar refractivity (Wildman–Crippen MR) is 63.0 cm³/mol. The minimum Gasteiger partial charge on any atom is -0.480 e. The van der Waals surface area contributed by atoms with Crippen molar-refractivity contribution in [3.63, 3.8) is 0 Å². The van der Waals surface area contributed by atoms with E-state index in [-0.39, 0.29) is 25.6 Å². The molecule has 0 spiro atoms. The van der Waals surface area contributed by atoms with Gasteiger partial charge in [0.2, 0.25) is 0 Å². The monoisotopic (exact) mass is 260 g/mol. The number of amides is 2. The van der Waals surface area contributed by atoms with Crippen LogP contribution in [0.15, 0.2) is 0 Å². The molecule has 0 aromatic rings. The van der Waals surface area contributed by atoms with Crippen molar-refractivity contribution in [3.8, 4) is 0 Å². The molecule has 2 unspecified atom stereocenters. The number of carboxylic acid groups (broad SMARTS) is 1. The second-order valence-electron chi connectivity index (χ2n) is 4.49. The molecule has 7 heteroatoms. The van der Waals surface area contributed by atoms with Gasteiger partial charge in [-0.2, -0.15) is 0 Å². The van der Waals surface area contributed by atoms with Crippen molar-refractivity contribution in [1.82, 2.24) is 10.2 Å². The third-order valence-corrected chi connectivity index (χ3v) is 3.08. The second kappa shape index (κ2) is 7.17. The van der Waals surface area contributed by atoms with Gasteiger partial charge in [-0.1, -0.05) is 0 Å². The van der Waals surface area contributed by atoms with Gasteiger partial charge in [0.15, 0.2) is 0 Å². The van der Waals surface area contributed by atoms with Crippen LogP contribution in [0.2, 0.25) is 0 Å². The highest BCUT2D eigenvalue weighted by Crippen LogP contribution is 2.15. The van der Waals surface area contributed by atoms with Gasteiger partial charge in [-0.3, -0.25) is 0 Å². The third kappa shape index (κ3) is 4.15. The van der Waals surface area contributed by atoms with E-state index in [0.717, 1.165) is 12.8 Å². The Hall–Kier alpha value is -1.34. The van der Waals surface area contributed by atoms with Gasteiger partial charge in [-0.15, -0.1) is 0 Å². The molecule has 2 amide bonds. The van der Waals surface area contributed by atoms with Crippen LogP contribution in [-0.4, -0.2) is 64.6 Å². The first-order chi connectivity index (χ1) is 8.58. The average Bonchev–Trinajstić information content (AvgIpc) is 2.38. The summed E-state index contributed by atoms with van der Waals surface area (Å²) in [6.07, 6.45) is 1.66. The summed E-state index contributed by atoms with van der Waals surface area (Å²) in [5, 5.41) is 29.0. The maximum Gasteiger partial charge on any atom is 0.326 e. The van der Waals surface area contributed by atoms with Crippen LogP contribution in [0.4, 0.5) is 4.79 Å². The first kappa shape index (κ1) is 14.7. The normalized spacial score (nSPS) is 21.4. The number of carbonyl (C=O) groups is 2. The summed E-state index contributed by atoms with van der Waals surface area (Å²) in [5.41, 5.74) is 0. The lowest BCUT2D eigenvalue weighted by Crippen LogP contribution is -2.51. The smallest absolute Gasteiger partial charge is 0.326 e. The van der Waals surface area contributed by atoms with E-state index in [2.05, 4.69) is 5.32 Å². The Bertz CT molecular complexity index is 297. The van der Waals surface area contributed by atoms with Gasteiger partial charge in [0.1, 0.15) is 6.04 Å². The molecule has 0 aromatic heterocycles. The van der Waals surface area contributed by atoms with Crippen molar-refractivity contribution < 1.29 is 24.9 Å². The molecule has 1 fully saturated rings. The van der Waals surface area contributed by atoms with Crippen molar-refractivity contribution in [3.05, 3.63) is 0 Å². The number of hydrogen-bond donors (Lipinski definition) is 4. The van der Waals surface area contributed by atoms with E-state index in [4.69, 9.17) is 15.3 Å². The number of rotatable bonds is 5. The summed E-state index contributed by atoms with van der Waals surface area (Å²) >= 11 is 0. The molecule has 7 nitrogen and oxygen atoms in total. The van der Waals surface area contributed by atoms with Crippen LogP contribution in [0.1, 0.15) is 19.3 Å². The number of aliphatic carboxylic acids is 1. The summed E-state index contributed by atoms with van der Waals surface area (Å²) in [6.45, 7) is 0.737. The summed E-state index contributed by atoms with van der Waals surface area (Å²) in [7, 11) is 0. The molecule has 0 saturated carbocycles. The molecule has 2 atom stereocenters. The number of aliphatic hydroxyl groups excluding tert-OH is 2. The van der Waals surface area contributed by atoms with Crippen molar-refractivity contribution in [1.29, 1.82) is 0 Å². The lowest BCUT2D eigenvalue weighted by Gasteiger charge is -2.32. The Kier molecular flexibility index (Phi) is 5.87. The van der Waals surface area contributed by atoms with Gasteiger partial charge >= 0.3 is 12.0 Å². The quantitative estimate of drug-likeness (QED) is 0.519. The standard InChI is InChI=1S/C11H20N2O5/c14-5-3-9(10(16)17)12-11(18)13-4-1-2-8(6-13)7-15/h8-9,14-15H,1-7H2,(H,12,18)(H,16,17). The predicted octanol–water partition coefficient (Wildman–Crippen LogP) is -0.764. The zero-order chi connectivity index (χ0) is 13.5. The molecule has 0 bridgehead atoms. The largest absolute Gasteiger partial charge is 0.480 e. The summed E-state index contributed by atoms with van der Waals surface area (Å²) < 4.78 is 0. The van der Waals surface area contributed by atoms with E-state index in [0.29, 0.717) is 13.1 Å². The van der Waals surface area contributed by atoms with Gasteiger partial charge in [0, 0.05) is 32.7 Å². The lowest BCUT2D eigenvalue weighted by atomic mass is 9.99. The van der Waals surface area contributed by atoms with Gasteiger partial charge in [0.25, 0.3) is 0 Å². The molecule has 1 saturated heterocycles. The topological polar surface area (TPSA) is 110 Å². The van der Waals surface area contributed by atoms with Crippen LogP contribution in [0, 0.1) is 5.92 Å². The highest BCUT2D eigenvalue weighted by molar-refractivity contribution is 5.82. The van der Waals surface area contributed by atoms with Crippen LogP contribution in [0.25, 0.3) is 0 Å². The van der Waals surface area contributed by atoms with E-state index in [1.165, 1.54) is 4.90 Å². The Morgan fingerprint density at radius 3 is 2.67 bits per heavy atom. The van der Waals surface area contributed by atoms with Gasteiger partial charge in [-0.25, -0.2) is 9.59 Å². The van der Waals surface area contributed by atoms with Crippen molar-refractivity contribution >= 4 is 12.0 Å². The first-order valence-corrected chi connectivity index (χ1v) is 6.08. The number of likely N-dealkylation sites (tertiary alicyclic amines) is 1. The summed E-state index contributed by atoms with van der Waals surface area (Å²) in [5.74, 6) is -1.10. The molecule has 4 N–H and O–H groups in total. The number of hydrogen-bond acceptors (Lipinski definition) is 4. The molecule has 1 heterocycles. The number of piperidine rings is 1.